The summed E-state index contributed by atoms with van der Waals surface area (Å²) >= 11 is 0. The van der Waals surface area contributed by atoms with E-state index in [1.54, 1.807) is 31.2 Å². The lowest BCUT2D eigenvalue weighted by molar-refractivity contribution is -0.151. The van der Waals surface area contributed by atoms with Crippen LogP contribution in [0, 0.1) is 6.92 Å². The fourth-order valence-electron chi connectivity index (χ4n) is 2.61. The minimum Gasteiger partial charge on any atom is -0.461 e. The zero-order valence-electron chi connectivity index (χ0n) is 13.0. The largest absolute Gasteiger partial charge is 0.461 e. The molecule has 1 aliphatic carbocycles. The Bertz CT molecular complexity index is 610. The van der Waals surface area contributed by atoms with Gasteiger partial charge in [-0.15, -0.1) is 0 Å². The van der Waals surface area contributed by atoms with E-state index >= 15 is 0 Å². The fraction of sp³-hybridized carbons (Fsp3) is 0.562. The van der Waals surface area contributed by atoms with Gasteiger partial charge in [-0.1, -0.05) is 31.0 Å². The van der Waals surface area contributed by atoms with Gasteiger partial charge in [0.1, 0.15) is 6.10 Å². The smallest absolute Gasteiger partial charge is 0.305 e. The molecule has 2 rings (SSSR count). The van der Waals surface area contributed by atoms with Crippen molar-refractivity contribution in [3.63, 3.8) is 0 Å². The van der Waals surface area contributed by atoms with Crippen LogP contribution < -0.4 is 4.72 Å². The van der Waals surface area contributed by atoms with Gasteiger partial charge in [-0.25, -0.2) is 13.1 Å². The molecule has 1 N–H and O–H groups in total. The molecule has 0 aliphatic heterocycles. The van der Waals surface area contributed by atoms with Gasteiger partial charge in [-0.05, 0) is 38.3 Å². The third-order valence-corrected chi connectivity index (χ3v) is 5.42. The van der Waals surface area contributed by atoms with Gasteiger partial charge in [0.05, 0.1) is 10.9 Å². The number of sulfonamides is 1. The number of carbonyl (C=O) groups is 1. The number of nitrogens with one attached hydrogen (secondary N) is 1. The van der Waals surface area contributed by atoms with Gasteiger partial charge in [-0.3, -0.25) is 4.79 Å². The van der Waals surface area contributed by atoms with E-state index in [-0.39, 0.29) is 23.0 Å². The molecule has 2 unspecified atom stereocenters. The Morgan fingerprint density at radius 1 is 1.23 bits per heavy atom. The molecule has 0 amide bonds. The van der Waals surface area contributed by atoms with Crippen molar-refractivity contribution in [2.24, 2.45) is 0 Å². The van der Waals surface area contributed by atoms with E-state index in [2.05, 4.69) is 4.72 Å². The first-order valence-electron chi connectivity index (χ1n) is 7.71. The first-order valence-corrected chi connectivity index (χ1v) is 9.19. The van der Waals surface area contributed by atoms with E-state index in [1.807, 2.05) is 6.92 Å². The molecule has 0 spiro atoms. The van der Waals surface area contributed by atoms with Gasteiger partial charge in [0.15, 0.2) is 0 Å². The van der Waals surface area contributed by atoms with Crippen molar-refractivity contribution in [2.45, 2.75) is 63.0 Å². The summed E-state index contributed by atoms with van der Waals surface area (Å²) in [6, 6.07) is 6.37. The molecule has 122 valence electrons. The molecule has 0 bridgehead atoms. The molecule has 22 heavy (non-hydrogen) atoms. The minimum atomic E-state index is -3.59. The molecule has 0 saturated heterocycles. The van der Waals surface area contributed by atoms with Gasteiger partial charge in [-0.2, -0.15) is 0 Å². The van der Waals surface area contributed by atoms with Gasteiger partial charge in [0.2, 0.25) is 10.0 Å². The predicted molar refractivity (Wildman–Crippen MR) is 83.9 cm³/mol. The van der Waals surface area contributed by atoms with E-state index in [4.69, 9.17) is 4.74 Å². The lowest BCUT2D eigenvalue weighted by Crippen LogP contribution is -2.46. The number of hydrogen-bond acceptors (Lipinski definition) is 4. The van der Waals surface area contributed by atoms with E-state index < -0.39 is 10.0 Å². The van der Waals surface area contributed by atoms with Crippen LogP contribution >= 0.6 is 0 Å². The van der Waals surface area contributed by atoms with E-state index in [0.717, 1.165) is 18.4 Å². The summed E-state index contributed by atoms with van der Waals surface area (Å²) in [6.45, 7) is 3.64. The number of esters is 1. The highest BCUT2D eigenvalue weighted by molar-refractivity contribution is 7.89. The molecule has 2 atom stereocenters. The maximum atomic E-state index is 12.5. The summed E-state index contributed by atoms with van der Waals surface area (Å²) in [7, 11) is -3.59. The van der Waals surface area contributed by atoms with Crippen LogP contribution in [0.4, 0.5) is 0 Å². The van der Waals surface area contributed by atoms with E-state index in [0.29, 0.717) is 19.3 Å². The molecular formula is C16H23NO4S. The number of benzene rings is 1. The summed E-state index contributed by atoms with van der Waals surface area (Å²) in [4.78, 5) is 11.7. The molecule has 5 nitrogen and oxygen atoms in total. The first kappa shape index (κ1) is 17.0. The topological polar surface area (TPSA) is 72.5 Å². The average Bonchev–Trinajstić information content (AvgIpc) is 2.49. The SMILES string of the molecule is CCC(=O)OC1CCCCC1NS(=O)(=O)c1ccc(C)cc1. The maximum Gasteiger partial charge on any atom is 0.305 e. The Balaban J connectivity index is 2.11. The molecular weight excluding hydrogens is 302 g/mol. The van der Waals surface area contributed by atoms with E-state index in [1.165, 1.54) is 0 Å². The van der Waals surface area contributed by atoms with Crippen LogP contribution in [-0.4, -0.2) is 26.5 Å². The van der Waals surface area contributed by atoms with E-state index in [9.17, 15) is 13.2 Å². The third-order valence-electron chi connectivity index (χ3n) is 3.91. The summed E-state index contributed by atoms with van der Waals surface area (Å²) in [5, 5.41) is 0. The van der Waals surface area contributed by atoms with Crippen LogP contribution in [0.1, 0.15) is 44.6 Å². The van der Waals surface area contributed by atoms with Crippen molar-refractivity contribution in [2.75, 3.05) is 0 Å². The zero-order chi connectivity index (χ0) is 16.2. The highest BCUT2D eigenvalue weighted by Gasteiger charge is 2.31. The normalized spacial score (nSPS) is 22.3. The number of hydrogen-bond donors (Lipinski definition) is 1. The second-order valence-corrected chi connectivity index (χ2v) is 7.42. The Kier molecular flexibility index (Phi) is 5.58. The monoisotopic (exact) mass is 325 g/mol. The van der Waals surface area contributed by atoms with Crippen molar-refractivity contribution in [3.05, 3.63) is 29.8 Å². The van der Waals surface area contributed by atoms with Crippen molar-refractivity contribution in [3.8, 4) is 0 Å². The Morgan fingerprint density at radius 2 is 1.86 bits per heavy atom. The highest BCUT2D eigenvalue weighted by Crippen LogP contribution is 2.23. The van der Waals surface area contributed by atoms with Crippen LogP contribution in [0.3, 0.4) is 0 Å². The maximum absolute atomic E-state index is 12.5. The van der Waals surface area contributed by atoms with Crippen molar-refractivity contribution < 1.29 is 17.9 Å². The number of rotatable bonds is 5. The highest BCUT2D eigenvalue weighted by atomic mass is 32.2. The van der Waals surface area contributed by atoms with Gasteiger partial charge < -0.3 is 4.74 Å². The average molecular weight is 325 g/mol. The lowest BCUT2D eigenvalue weighted by atomic mass is 9.93. The molecule has 1 aromatic carbocycles. The Labute approximate surface area is 132 Å². The molecule has 1 aliphatic rings. The van der Waals surface area contributed by atoms with Crippen molar-refractivity contribution in [1.82, 2.24) is 4.72 Å². The van der Waals surface area contributed by atoms with Gasteiger partial charge in [0, 0.05) is 6.42 Å². The second-order valence-electron chi connectivity index (χ2n) is 5.71. The zero-order valence-corrected chi connectivity index (χ0v) is 13.9. The summed E-state index contributed by atoms with van der Waals surface area (Å²) in [5.41, 5.74) is 1.01. The van der Waals surface area contributed by atoms with Crippen LogP contribution in [0.2, 0.25) is 0 Å². The standard InChI is InChI=1S/C16H23NO4S/c1-3-16(18)21-15-7-5-4-6-14(15)17-22(19,20)13-10-8-12(2)9-11-13/h8-11,14-15,17H,3-7H2,1-2H3. The molecule has 0 heterocycles. The Hall–Kier alpha value is -1.40. The van der Waals surface area contributed by atoms with Gasteiger partial charge >= 0.3 is 5.97 Å². The molecule has 1 saturated carbocycles. The summed E-state index contributed by atoms with van der Waals surface area (Å²) in [6.07, 6.45) is 3.19. The molecule has 6 heteroatoms. The second kappa shape index (κ2) is 7.24. The fourth-order valence-corrected chi connectivity index (χ4v) is 3.91. The quantitative estimate of drug-likeness (QED) is 0.844. The first-order chi connectivity index (χ1) is 10.4. The van der Waals surface area contributed by atoms with Crippen molar-refractivity contribution >= 4 is 16.0 Å². The number of carbonyl (C=O) groups excluding carboxylic acids is 1. The Morgan fingerprint density at radius 3 is 2.50 bits per heavy atom. The summed E-state index contributed by atoms with van der Waals surface area (Å²) in [5.74, 6) is -0.286. The molecule has 1 fully saturated rings. The third kappa shape index (κ3) is 4.30. The summed E-state index contributed by atoms with van der Waals surface area (Å²) < 4.78 is 33.0. The van der Waals surface area contributed by atoms with Crippen LogP contribution in [-0.2, 0) is 19.6 Å². The number of ether oxygens (including phenoxy) is 1. The minimum absolute atomic E-state index is 0.240. The molecule has 1 aromatic rings. The van der Waals surface area contributed by atoms with Crippen LogP contribution in [0.15, 0.2) is 29.2 Å². The predicted octanol–water partition coefficient (Wildman–Crippen LogP) is 2.54. The van der Waals surface area contributed by atoms with Crippen LogP contribution in [0.25, 0.3) is 0 Å². The molecule has 0 aromatic heterocycles. The number of aryl methyl sites for hydroxylation is 1. The van der Waals surface area contributed by atoms with Crippen LogP contribution in [0.5, 0.6) is 0 Å². The lowest BCUT2D eigenvalue weighted by Gasteiger charge is -2.31. The van der Waals surface area contributed by atoms with Crippen molar-refractivity contribution in [1.29, 1.82) is 0 Å². The van der Waals surface area contributed by atoms with Gasteiger partial charge in [0.25, 0.3) is 0 Å². The molecule has 0 radical (unpaired) electrons.